The zero-order chi connectivity index (χ0) is 13.2. The molecule has 98 valence electrons. The van der Waals surface area contributed by atoms with Crippen molar-refractivity contribution in [1.29, 1.82) is 0 Å². The molecule has 0 saturated carbocycles. The summed E-state index contributed by atoms with van der Waals surface area (Å²) >= 11 is 0. The molecule has 0 aliphatic carbocycles. The van der Waals surface area contributed by atoms with Gasteiger partial charge in [-0.15, -0.1) is 0 Å². The van der Waals surface area contributed by atoms with Crippen molar-refractivity contribution in [2.24, 2.45) is 0 Å². The molecule has 1 unspecified atom stereocenters. The van der Waals surface area contributed by atoms with Crippen LogP contribution in [0.2, 0.25) is 0 Å². The van der Waals surface area contributed by atoms with E-state index in [0.717, 1.165) is 0 Å². The molecule has 1 atom stereocenters. The van der Waals surface area contributed by atoms with E-state index < -0.39 is 5.79 Å². The quantitative estimate of drug-likeness (QED) is 0.770. The summed E-state index contributed by atoms with van der Waals surface area (Å²) in [6.07, 6.45) is 0.664. The van der Waals surface area contributed by atoms with Crippen molar-refractivity contribution in [2.45, 2.75) is 31.7 Å². The van der Waals surface area contributed by atoms with Crippen LogP contribution in [-0.2, 0) is 9.47 Å². The summed E-state index contributed by atoms with van der Waals surface area (Å²) in [6, 6.07) is 7.31. The van der Waals surface area contributed by atoms with Crippen LogP contribution in [0.5, 0.6) is 5.75 Å². The molecular formula is C14H18O4. The Morgan fingerprint density at radius 3 is 2.67 bits per heavy atom. The van der Waals surface area contributed by atoms with E-state index in [0.29, 0.717) is 24.2 Å². The van der Waals surface area contributed by atoms with Gasteiger partial charge < -0.3 is 14.2 Å². The second-order valence-electron chi connectivity index (χ2n) is 4.61. The number of fused-ring (bicyclic) bond motifs is 1. The highest BCUT2D eigenvalue weighted by Crippen LogP contribution is 2.31. The van der Waals surface area contributed by atoms with Gasteiger partial charge in [0.2, 0.25) is 0 Å². The second kappa shape index (κ2) is 5.08. The minimum absolute atomic E-state index is 0.108. The molecule has 0 amide bonds. The number of benzene rings is 1. The molecule has 0 saturated heterocycles. The van der Waals surface area contributed by atoms with E-state index in [4.69, 9.17) is 14.2 Å². The lowest BCUT2D eigenvalue weighted by molar-refractivity contribution is -0.207. The minimum Gasteiger partial charge on any atom is -0.489 e. The van der Waals surface area contributed by atoms with Gasteiger partial charge in [0, 0.05) is 27.1 Å². The van der Waals surface area contributed by atoms with Gasteiger partial charge in [-0.2, -0.15) is 0 Å². The van der Waals surface area contributed by atoms with Crippen molar-refractivity contribution in [3.63, 3.8) is 0 Å². The highest BCUT2D eigenvalue weighted by molar-refractivity contribution is 5.99. The standard InChI is InChI=1S/C14H18O4/c1-14(16-2,17-3)9-10-8-12(15)11-6-4-5-7-13(11)18-10/h4-7,10H,8-9H2,1-3H3. The molecule has 0 aromatic heterocycles. The smallest absolute Gasteiger partial charge is 0.170 e. The minimum atomic E-state index is -0.725. The molecule has 2 rings (SSSR count). The third kappa shape index (κ3) is 2.54. The highest BCUT2D eigenvalue weighted by atomic mass is 16.7. The number of hydrogen-bond acceptors (Lipinski definition) is 4. The number of carbonyl (C=O) groups is 1. The first-order valence-corrected chi connectivity index (χ1v) is 5.97. The van der Waals surface area contributed by atoms with E-state index in [1.807, 2.05) is 25.1 Å². The largest absolute Gasteiger partial charge is 0.489 e. The molecule has 1 aliphatic heterocycles. The van der Waals surface area contributed by atoms with Gasteiger partial charge >= 0.3 is 0 Å². The van der Waals surface area contributed by atoms with Gasteiger partial charge in [-0.1, -0.05) is 12.1 Å². The molecule has 0 N–H and O–H groups in total. The van der Waals surface area contributed by atoms with E-state index in [2.05, 4.69) is 0 Å². The molecule has 0 radical (unpaired) electrons. The Morgan fingerprint density at radius 1 is 1.33 bits per heavy atom. The third-order valence-corrected chi connectivity index (χ3v) is 3.36. The fraction of sp³-hybridized carbons (Fsp3) is 0.500. The summed E-state index contributed by atoms with van der Waals surface area (Å²) in [5.74, 6) is 0.0294. The van der Waals surface area contributed by atoms with Crippen LogP contribution in [0.15, 0.2) is 24.3 Å². The zero-order valence-corrected chi connectivity index (χ0v) is 10.9. The first-order chi connectivity index (χ1) is 8.58. The summed E-state index contributed by atoms with van der Waals surface area (Å²) in [7, 11) is 3.17. The summed E-state index contributed by atoms with van der Waals surface area (Å²) in [5.41, 5.74) is 0.658. The lowest BCUT2D eigenvalue weighted by Gasteiger charge is -2.33. The monoisotopic (exact) mass is 250 g/mol. The molecule has 1 aromatic carbocycles. The van der Waals surface area contributed by atoms with Gasteiger partial charge in [-0.3, -0.25) is 4.79 Å². The Kier molecular flexibility index (Phi) is 3.68. The number of rotatable bonds is 4. The SMILES string of the molecule is COC(C)(CC1CC(=O)c2ccccc2O1)OC. The van der Waals surface area contributed by atoms with E-state index in [1.165, 1.54) is 0 Å². The number of ketones is 1. The number of hydrogen-bond donors (Lipinski definition) is 0. The van der Waals surface area contributed by atoms with Crippen molar-refractivity contribution < 1.29 is 19.0 Å². The molecular weight excluding hydrogens is 232 g/mol. The van der Waals surface area contributed by atoms with Gasteiger partial charge in [-0.25, -0.2) is 0 Å². The predicted octanol–water partition coefficient (Wildman–Crippen LogP) is 2.42. The van der Waals surface area contributed by atoms with Gasteiger partial charge in [-0.05, 0) is 19.1 Å². The third-order valence-electron chi connectivity index (χ3n) is 3.36. The van der Waals surface area contributed by atoms with Gasteiger partial charge in [0.1, 0.15) is 11.9 Å². The zero-order valence-electron chi connectivity index (χ0n) is 10.9. The Morgan fingerprint density at radius 2 is 2.00 bits per heavy atom. The van der Waals surface area contributed by atoms with Crippen LogP contribution in [0.25, 0.3) is 0 Å². The molecule has 18 heavy (non-hydrogen) atoms. The summed E-state index contributed by atoms with van der Waals surface area (Å²) in [4.78, 5) is 12.0. The van der Waals surface area contributed by atoms with Crippen LogP contribution in [-0.4, -0.2) is 31.9 Å². The fourth-order valence-electron chi connectivity index (χ4n) is 2.12. The van der Waals surface area contributed by atoms with Crippen molar-refractivity contribution in [2.75, 3.05) is 14.2 Å². The summed E-state index contributed by atoms with van der Waals surface area (Å²) < 4.78 is 16.4. The predicted molar refractivity (Wildman–Crippen MR) is 66.8 cm³/mol. The van der Waals surface area contributed by atoms with Crippen LogP contribution in [0.3, 0.4) is 0 Å². The molecule has 4 nitrogen and oxygen atoms in total. The maximum atomic E-state index is 12.0. The lowest BCUT2D eigenvalue weighted by atomic mass is 9.97. The normalized spacial score (nSPS) is 19.3. The average Bonchev–Trinajstić information content (AvgIpc) is 2.38. The van der Waals surface area contributed by atoms with Crippen LogP contribution in [0.4, 0.5) is 0 Å². The summed E-state index contributed by atoms with van der Waals surface area (Å²) in [5, 5.41) is 0. The number of para-hydroxylation sites is 1. The lowest BCUT2D eigenvalue weighted by Crippen LogP contribution is -2.39. The Balaban J connectivity index is 2.14. The van der Waals surface area contributed by atoms with E-state index in [-0.39, 0.29) is 11.9 Å². The highest BCUT2D eigenvalue weighted by Gasteiger charge is 2.33. The van der Waals surface area contributed by atoms with Crippen molar-refractivity contribution >= 4 is 5.78 Å². The molecule has 0 bridgehead atoms. The topological polar surface area (TPSA) is 44.8 Å². The van der Waals surface area contributed by atoms with Crippen molar-refractivity contribution in [3.05, 3.63) is 29.8 Å². The first kappa shape index (κ1) is 13.1. The second-order valence-corrected chi connectivity index (χ2v) is 4.61. The van der Waals surface area contributed by atoms with Crippen molar-refractivity contribution in [1.82, 2.24) is 0 Å². The van der Waals surface area contributed by atoms with Gasteiger partial charge in [0.05, 0.1) is 5.56 Å². The first-order valence-electron chi connectivity index (χ1n) is 5.97. The average molecular weight is 250 g/mol. The number of ether oxygens (including phenoxy) is 3. The van der Waals surface area contributed by atoms with Crippen LogP contribution in [0.1, 0.15) is 30.1 Å². The van der Waals surface area contributed by atoms with Crippen molar-refractivity contribution in [3.8, 4) is 5.75 Å². The molecule has 0 fully saturated rings. The number of methoxy groups -OCH3 is 2. The summed E-state index contributed by atoms with van der Waals surface area (Å²) in [6.45, 7) is 1.83. The van der Waals surface area contributed by atoms with E-state index in [1.54, 1.807) is 20.3 Å². The van der Waals surface area contributed by atoms with Gasteiger partial charge in [0.15, 0.2) is 11.6 Å². The molecule has 1 aliphatic rings. The van der Waals surface area contributed by atoms with Crippen LogP contribution < -0.4 is 4.74 Å². The molecule has 0 spiro atoms. The van der Waals surface area contributed by atoms with Crippen LogP contribution >= 0.6 is 0 Å². The Bertz CT molecular complexity index is 437. The molecule has 1 heterocycles. The van der Waals surface area contributed by atoms with E-state index in [9.17, 15) is 4.79 Å². The number of carbonyl (C=O) groups excluding carboxylic acids is 1. The maximum absolute atomic E-state index is 12.0. The maximum Gasteiger partial charge on any atom is 0.170 e. The Labute approximate surface area is 107 Å². The van der Waals surface area contributed by atoms with Gasteiger partial charge in [0.25, 0.3) is 0 Å². The molecule has 4 heteroatoms. The number of Topliss-reactive ketones (excluding diaryl/α,β-unsaturated/α-hetero) is 1. The van der Waals surface area contributed by atoms with Crippen LogP contribution in [0, 0.1) is 0 Å². The Hall–Kier alpha value is -1.39. The molecule has 1 aromatic rings. The van der Waals surface area contributed by atoms with E-state index >= 15 is 0 Å². The fourth-order valence-corrected chi connectivity index (χ4v) is 2.12.